The number of para-hydroxylation sites is 1. The fraction of sp³-hybridized carbons (Fsp3) is 0.318. The fourth-order valence-corrected chi connectivity index (χ4v) is 3.19. The zero-order valence-electron chi connectivity index (χ0n) is 17.5. The molecule has 0 radical (unpaired) electrons. The van der Waals surface area contributed by atoms with E-state index in [1.54, 1.807) is 36.2 Å². The molecule has 0 aliphatic heterocycles. The number of fused-ring (bicyclic) bond motifs is 1. The summed E-state index contributed by atoms with van der Waals surface area (Å²) in [5, 5.41) is 7.79. The predicted molar refractivity (Wildman–Crippen MR) is 123 cm³/mol. The first kappa shape index (κ1) is 21.8. The molecule has 0 fully saturated rings. The van der Waals surface area contributed by atoms with E-state index in [-0.39, 0.29) is 12.6 Å². The molecule has 0 aliphatic rings. The summed E-state index contributed by atoms with van der Waals surface area (Å²) in [6, 6.07) is 14.7. The maximum Gasteiger partial charge on any atom is 0.321 e. The second kappa shape index (κ2) is 10.2. The highest BCUT2D eigenvalue weighted by Crippen LogP contribution is 2.21. The second-order valence-corrected chi connectivity index (χ2v) is 7.82. The number of urea groups is 1. The molecule has 0 bridgehead atoms. The van der Waals surface area contributed by atoms with Crippen molar-refractivity contribution < 1.29 is 4.79 Å². The zero-order chi connectivity index (χ0) is 21.5. The number of nitrogens with one attached hydrogen (secondary N) is 2. The van der Waals surface area contributed by atoms with E-state index >= 15 is 0 Å². The van der Waals surface area contributed by atoms with Crippen LogP contribution in [0, 0.1) is 0 Å². The van der Waals surface area contributed by atoms with E-state index in [0.717, 1.165) is 36.2 Å². The number of hydrogen-bond acceptors (Lipinski definition) is 5. The van der Waals surface area contributed by atoms with Gasteiger partial charge in [0.25, 0.3) is 0 Å². The molecule has 0 unspecified atom stereocenters. The monoisotopic (exact) mass is 426 g/mol. The van der Waals surface area contributed by atoms with E-state index in [0.29, 0.717) is 16.5 Å². The van der Waals surface area contributed by atoms with Crippen LogP contribution < -0.4 is 10.6 Å². The summed E-state index contributed by atoms with van der Waals surface area (Å²) < 4.78 is 0. The lowest BCUT2D eigenvalue weighted by molar-refractivity contribution is 0.219. The summed E-state index contributed by atoms with van der Waals surface area (Å²) in [5.74, 6) is 1.37. The largest absolute Gasteiger partial charge is 0.369 e. The van der Waals surface area contributed by atoms with Crippen molar-refractivity contribution in [1.29, 1.82) is 0 Å². The Morgan fingerprint density at radius 2 is 1.87 bits per heavy atom. The zero-order valence-corrected chi connectivity index (χ0v) is 18.3. The van der Waals surface area contributed by atoms with Gasteiger partial charge >= 0.3 is 6.03 Å². The Labute approximate surface area is 182 Å². The highest BCUT2D eigenvalue weighted by Gasteiger charge is 2.14. The van der Waals surface area contributed by atoms with Gasteiger partial charge in [-0.15, -0.1) is 0 Å². The average Bonchev–Trinajstić information content (AvgIpc) is 2.71. The molecule has 30 heavy (non-hydrogen) atoms. The molecule has 0 atom stereocenters. The average molecular weight is 427 g/mol. The number of halogens is 1. The number of rotatable bonds is 8. The number of benzene rings is 2. The Hall–Kier alpha value is -2.90. The van der Waals surface area contributed by atoms with Crippen molar-refractivity contribution in [2.45, 2.75) is 13.0 Å². The third-order valence-electron chi connectivity index (χ3n) is 4.53. The lowest BCUT2D eigenvalue weighted by atomic mass is 10.2. The summed E-state index contributed by atoms with van der Waals surface area (Å²) in [6.07, 6.45) is 1.00. The molecule has 8 heteroatoms. The van der Waals surface area contributed by atoms with Crippen molar-refractivity contribution in [3.63, 3.8) is 0 Å². The van der Waals surface area contributed by atoms with Crippen LogP contribution in [0.1, 0.15) is 12.2 Å². The van der Waals surface area contributed by atoms with Gasteiger partial charge in [-0.1, -0.05) is 29.8 Å². The number of amides is 2. The van der Waals surface area contributed by atoms with Crippen LogP contribution in [0.5, 0.6) is 0 Å². The molecule has 0 saturated heterocycles. The van der Waals surface area contributed by atoms with Gasteiger partial charge in [0.05, 0.1) is 12.1 Å². The molecule has 0 spiro atoms. The first-order chi connectivity index (χ1) is 14.4. The van der Waals surface area contributed by atoms with Crippen LogP contribution in [0.15, 0.2) is 48.5 Å². The van der Waals surface area contributed by atoms with Gasteiger partial charge in [-0.05, 0) is 57.4 Å². The van der Waals surface area contributed by atoms with Crippen molar-refractivity contribution in [3.05, 3.63) is 59.4 Å². The van der Waals surface area contributed by atoms with Crippen LogP contribution in [-0.2, 0) is 6.54 Å². The Kier molecular flexibility index (Phi) is 7.43. The molecule has 0 aliphatic carbocycles. The van der Waals surface area contributed by atoms with E-state index in [4.69, 9.17) is 11.6 Å². The minimum Gasteiger partial charge on any atom is -0.369 e. The number of nitrogens with zero attached hydrogens (tertiary/aromatic N) is 4. The summed E-state index contributed by atoms with van der Waals surface area (Å²) in [6.45, 7) is 2.09. The number of hydrogen-bond donors (Lipinski definition) is 2. The van der Waals surface area contributed by atoms with Gasteiger partial charge in [-0.3, -0.25) is 0 Å². The standard InChI is InChI=1S/C22H27ClN6O/c1-28(2)13-7-12-24-21-18-10-4-5-11-19(18)26-20(27-21)15-29(3)22(30)25-17-9-6-8-16(23)14-17/h4-6,8-11,14H,7,12-13,15H2,1-3H3,(H,25,30)(H,24,26,27). The first-order valence-corrected chi connectivity index (χ1v) is 10.2. The number of carbonyl (C=O) groups excluding carboxylic acids is 1. The van der Waals surface area contributed by atoms with E-state index in [1.807, 2.05) is 24.3 Å². The molecule has 1 aromatic heterocycles. The van der Waals surface area contributed by atoms with Crippen LogP contribution in [0.2, 0.25) is 5.02 Å². The van der Waals surface area contributed by atoms with Gasteiger partial charge in [0.15, 0.2) is 5.82 Å². The van der Waals surface area contributed by atoms with E-state index in [9.17, 15) is 4.79 Å². The van der Waals surface area contributed by atoms with Gasteiger partial charge in [-0.2, -0.15) is 0 Å². The lowest BCUT2D eigenvalue weighted by Crippen LogP contribution is -2.31. The second-order valence-electron chi connectivity index (χ2n) is 7.39. The molecule has 2 amide bonds. The van der Waals surface area contributed by atoms with E-state index < -0.39 is 0 Å². The molecule has 3 aromatic rings. The van der Waals surface area contributed by atoms with Gasteiger partial charge < -0.3 is 20.4 Å². The quantitative estimate of drug-likeness (QED) is 0.525. The van der Waals surface area contributed by atoms with Gasteiger partial charge in [-0.25, -0.2) is 14.8 Å². The Morgan fingerprint density at radius 1 is 1.07 bits per heavy atom. The predicted octanol–water partition coefficient (Wildman–Crippen LogP) is 4.31. The van der Waals surface area contributed by atoms with Crippen LogP contribution >= 0.6 is 11.6 Å². The van der Waals surface area contributed by atoms with Crippen molar-refractivity contribution in [2.75, 3.05) is 44.9 Å². The van der Waals surface area contributed by atoms with Crippen molar-refractivity contribution in [2.24, 2.45) is 0 Å². The third-order valence-corrected chi connectivity index (χ3v) is 4.76. The van der Waals surface area contributed by atoms with Crippen molar-refractivity contribution in [1.82, 2.24) is 19.8 Å². The molecular weight excluding hydrogens is 400 g/mol. The van der Waals surface area contributed by atoms with Gasteiger partial charge in [0, 0.05) is 29.7 Å². The smallest absolute Gasteiger partial charge is 0.321 e. The van der Waals surface area contributed by atoms with Crippen molar-refractivity contribution >= 4 is 40.0 Å². The molecule has 158 valence electrons. The SMILES string of the molecule is CN(C)CCCNc1nc(CN(C)C(=O)Nc2cccc(Cl)c2)nc2ccccc12. The lowest BCUT2D eigenvalue weighted by Gasteiger charge is -2.18. The molecule has 3 rings (SSSR count). The van der Waals surface area contributed by atoms with Crippen LogP contribution in [0.3, 0.4) is 0 Å². The first-order valence-electron chi connectivity index (χ1n) is 9.84. The van der Waals surface area contributed by atoms with Crippen molar-refractivity contribution in [3.8, 4) is 0 Å². The summed E-state index contributed by atoms with van der Waals surface area (Å²) in [4.78, 5) is 25.6. The summed E-state index contributed by atoms with van der Waals surface area (Å²) >= 11 is 5.99. The highest BCUT2D eigenvalue weighted by atomic mass is 35.5. The van der Waals surface area contributed by atoms with E-state index in [1.165, 1.54) is 0 Å². The fourth-order valence-electron chi connectivity index (χ4n) is 3.00. The Bertz CT molecular complexity index is 1010. The van der Waals surface area contributed by atoms with Gasteiger partial charge in [0.2, 0.25) is 0 Å². The summed E-state index contributed by atoms with van der Waals surface area (Å²) in [5.41, 5.74) is 1.49. The van der Waals surface area contributed by atoms with Crippen LogP contribution in [-0.4, -0.2) is 60.0 Å². The number of anilines is 2. The maximum atomic E-state index is 12.5. The third kappa shape index (κ3) is 6.05. The van der Waals surface area contributed by atoms with Crippen LogP contribution in [0.4, 0.5) is 16.3 Å². The van der Waals surface area contributed by atoms with E-state index in [2.05, 4.69) is 39.6 Å². The molecule has 2 N–H and O–H groups in total. The molecule has 2 aromatic carbocycles. The minimum absolute atomic E-state index is 0.255. The highest BCUT2D eigenvalue weighted by molar-refractivity contribution is 6.30. The normalized spacial score (nSPS) is 11.0. The molecule has 0 saturated carbocycles. The van der Waals surface area contributed by atoms with Gasteiger partial charge in [0.1, 0.15) is 5.82 Å². The molecular formula is C22H27ClN6O. The minimum atomic E-state index is -0.255. The summed E-state index contributed by atoms with van der Waals surface area (Å²) in [7, 11) is 5.83. The maximum absolute atomic E-state index is 12.5. The topological polar surface area (TPSA) is 73.4 Å². The Balaban J connectivity index is 1.72. The number of aromatic nitrogens is 2. The Morgan fingerprint density at radius 3 is 2.63 bits per heavy atom. The molecule has 7 nitrogen and oxygen atoms in total. The molecule has 1 heterocycles. The van der Waals surface area contributed by atoms with Crippen LogP contribution in [0.25, 0.3) is 10.9 Å². The number of carbonyl (C=O) groups is 1.